The smallest absolute Gasteiger partial charge is 0.268 e. The number of benzene rings is 2. The van der Waals surface area contributed by atoms with Gasteiger partial charge in [0.05, 0.1) is 22.0 Å². The quantitative estimate of drug-likeness (QED) is 0.769. The summed E-state index contributed by atoms with van der Waals surface area (Å²) >= 11 is 0. The summed E-state index contributed by atoms with van der Waals surface area (Å²) in [7, 11) is -3.72. The Kier molecular flexibility index (Phi) is 4.15. The normalized spacial score (nSPS) is 15.1. The standard InChI is InChI=1S/C19H18N4O2S/c20-14-15-4-6-16(7-5-15)26(24,25)23-11-8-17-18(2-1-3-19(17)23)22-12-9-21-10-13-22/h1-8,11,21H,9-10,12-13H2. The zero-order valence-corrected chi connectivity index (χ0v) is 14.9. The highest BCUT2D eigenvalue weighted by Crippen LogP contribution is 2.30. The molecule has 0 radical (unpaired) electrons. The van der Waals surface area contributed by atoms with Crippen LogP contribution in [0.1, 0.15) is 5.56 Å². The lowest BCUT2D eigenvalue weighted by molar-refractivity contribution is 0.588. The van der Waals surface area contributed by atoms with E-state index < -0.39 is 10.0 Å². The molecular formula is C19H18N4O2S. The van der Waals surface area contributed by atoms with E-state index in [0.717, 1.165) is 37.3 Å². The molecule has 0 bridgehead atoms. The molecule has 3 aromatic rings. The van der Waals surface area contributed by atoms with Gasteiger partial charge in [0.2, 0.25) is 0 Å². The van der Waals surface area contributed by atoms with E-state index in [2.05, 4.69) is 10.2 Å². The highest BCUT2D eigenvalue weighted by molar-refractivity contribution is 7.90. The summed E-state index contributed by atoms with van der Waals surface area (Å²) in [4.78, 5) is 2.44. The molecule has 1 fully saturated rings. The Hall–Kier alpha value is -2.82. The van der Waals surface area contributed by atoms with Gasteiger partial charge in [-0.05, 0) is 42.5 Å². The summed E-state index contributed by atoms with van der Waals surface area (Å²) in [5, 5.41) is 13.1. The third-order valence-corrected chi connectivity index (χ3v) is 6.38. The van der Waals surface area contributed by atoms with E-state index in [1.165, 1.54) is 28.2 Å². The lowest BCUT2D eigenvalue weighted by Crippen LogP contribution is -2.43. The molecule has 132 valence electrons. The van der Waals surface area contributed by atoms with Gasteiger partial charge in [-0.15, -0.1) is 0 Å². The molecule has 2 heterocycles. The lowest BCUT2D eigenvalue weighted by Gasteiger charge is -2.30. The molecule has 2 aromatic carbocycles. The second-order valence-electron chi connectivity index (χ2n) is 6.20. The van der Waals surface area contributed by atoms with Crippen LogP contribution in [0.4, 0.5) is 5.69 Å². The predicted molar refractivity (Wildman–Crippen MR) is 101 cm³/mol. The Bertz CT molecular complexity index is 1090. The van der Waals surface area contributed by atoms with E-state index >= 15 is 0 Å². The fraction of sp³-hybridized carbons (Fsp3) is 0.211. The maximum Gasteiger partial charge on any atom is 0.268 e. The van der Waals surface area contributed by atoms with Crippen molar-refractivity contribution in [1.29, 1.82) is 5.26 Å². The van der Waals surface area contributed by atoms with Crippen molar-refractivity contribution < 1.29 is 8.42 Å². The molecule has 0 saturated carbocycles. The summed E-state index contributed by atoms with van der Waals surface area (Å²) in [6, 6.07) is 15.6. The SMILES string of the molecule is N#Cc1ccc(S(=O)(=O)n2ccc3c(N4CCNCC4)cccc32)cc1. The fourth-order valence-electron chi connectivity index (χ4n) is 3.33. The van der Waals surface area contributed by atoms with E-state index in [-0.39, 0.29) is 4.90 Å². The third-order valence-electron chi connectivity index (χ3n) is 4.67. The Morgan fingerprint density at radius 3 is 2.42 bits per heavy atom. The van der Waals surface area contributed by atoms with Crippen molar-refractivity contribution in [3.05, 3.63) is 60.3 Å². The first-order chi connectivity index (χ1) is 12.6. The number of piperazine rings is 1. The van der Waals surface area contributed by atoms with Crippen LogP contribution in [0.2, 0.25) is 0 Å². The zero-order chi connectivity index (χ0) is 18.1. The van der Waals surface area contributed by atoms with Crippen molar-refractivity contribution in [1.82, 2.24) is 9.29 Å². The number of rotatable bonds is 3. The van der Waals surface area contributed by atoms with E-state index in [1.54, 1.807) is 6.20 Å². The Morgan fingerprint density at radius 2 is 1.73 bits per heavy atom. The monoisotopic (exact) mass is 366 g/mol. The highest BCUT2D eigenvalue weighted by atomic mass is 32.2. The number of hydrogen-bond acceptors (Lipinski definition) is 5. The van der Waals surface area contributed by atoms with Crippen molar-refractivity contribution in [3.8, 4) is 6.07 Å². The molecule has 7 heteroatoms. The summed E-state index contributed by atoms with van der Waals surface area (Å²) in [6.07, 6.45) is 1.60. The van der Waals surface area contributed by atoms with Crippen LogP contribution in [-0.4, -0.2) is 38.6 Å². The molecule has 1 aliphatic heterocycles. The second-order valence-corrected chi connectivity index (χ2v) is 8.01. The number of nitriles is 1. The average Bonchev–Trinajstić information content (AvgIpc) is 3.14. The van der Waals surface area contributed by atoms with Crippen LogP contribution in [0, 0.1) is 11.3 Å². The maximum absolute atomic E-state index is 13.1. The first-order valence-electron chi connectivity index (χ1n) is 8.43. The topological polar surface area (TPSA) is 78.1 Å². The van der Waals surface area contributed by atoms with E-state index in [9.17, 15) is 8.42 Å². The molecule has 1 N–H and O–H groups in total. The van der Waals surface area contributed by atoms with Crippen molar-refractivity contribution in [2.45, 2.75) is 4.90 Å². The van der Waals surface area contributed by atoms with Gasteiger partial charge in [0.15, 0.2) is 0 Å². The molecular weight excluding hydrogens is 348 g/mol. The largest absolute Gasteiger partial charge is 0.368 e. The molecule has 0 atom stereocenters. The van der Waals surface area contributed by atoms with E-state index in [0.29, 0.717) is 11.1 Å². The molecule has 0 amide bonds. The van der Waals surface area contributed by atoms with E-state index in [1.807, 2.05) is 30.3 Å². The fourth-order valence-corrected chi connectivity index (χ4v) is 4.68. The number of hydrogen-bond donors (Lipinski definition) is 1. The molecule has 26 heavy (non-hydrogen) atoms. The molecule has 1 aliphatic rings. The van der Waals surface area contributed by atoms with Crippen molar-refractivity contribution in [2.75, 3.05) is 31.1 Å². The molecule has 4 rings (SSSR count). The number of nitrogens with one attached hydrogen (secondary N) is 1. The molecule has 1 saturated heterocycles. The molecule has 0 aliphatic carbocycles. The van der Waals surface area contributed by atoms with Gasteiger partial charge in [-0.2, -0.15) is 5.26 Å². The third kappa shape index (κ3) is 2.73. The van der Waals surface area contributed by atoms with E-state index in [4.69, 9.17) is 5.26 Å². The van der Waals surface area contributed by atoms with Crippen LogP contribution in [-0.2, 0) is 10.0 Å². The summed E-state index contributed by atoms with van der Waals surface area (Å²) in [5.74, 6) is 0. The Morgan fingerprint density at radius 1 is 1.00 bits per heavy atom. The minimum atomic E-state index is -3.72. The van der Waals surface area contributed by atoms with Gasteiger partial charge in [0.25, 0.3) is 10.0 Å². The van der Waals surface area contributed by atoms with Crippen LogP contribution >= 0.6 is 0 Å². The van der Waals surface area contributed by atoms with Crippen LogP contribution < -0.4 is 10.2 Å². The minimum absolute atomic E-state index is 0.168. The number of fused-ring (bicyclic) bond motifs is 1. The second kappa shape index (κ2) is 6.48. The molecule has 0 spiro atoms. The highest BCUT2D eigenvalue weighted by Gasteiger charge is 2.21. The van der Waals surface area contributed by atoms with Gasteiger partial charge in [0, 0.05) is 43.4 Å². The average molecular weight is 366 g/mol. The van der Waals surface area contributed by atoms with Crippen LogP contribution in [0.25, 0.3) is 10.9 Å². The number of aromatic nitrogens is 1. The van der Waals surface area contributed by atoms with Crippen LogP contribution in [0.15, 0.2) is 59.6 Å². The molecule has 0 unspecified atom stereocenters. The predicted octanol–water partition coefficient (Wildman–Crippen LogP) is 2.16. The Labute approximate surface area is 152 Å². The summed E-state index contributed by atoms with van der Waals surface area (Å²) in [5.41, 5.74) is 2.14. The van der Waals surface area contributed by atoms with Crippen molar-refractivity contribution >= 4 is 26.6 Å². The molecule has 6 nitrogen and oxygen atoms in total. The van der Waals surface area contributed by atoms with Gasteiger partial charge in [-0.25, -0.2) is 12.4 Å². The zero-order valence-electron chi connectivity index (χ0n) is 14.1. The van der Waals surface area contributed by atoms with Gasteiger partial charge >= 0.3 is 0 Å². The Balaban J connectivity index is 1.80. The summed E-state index contributed by atoms with van der Waals surface area (Å²) in [6.45, 7) is 3.63. The van der Waals surface area contributed by atoms with Crippen molar-refractivity contribution in [3.63, 3.8) is 0 Å². The first kappa shape index (κ1) is 16.6. The van der Waals surface area contributed by atoms with Crippen molar-refractivity contribution in [2.24, 2.45) is 0 Å². The minimum Gasteiger partial charge on any atom is -0.368 e. The van der Waals surface area contributed by atoms with Gasteiger partial charge < -0.3 is 10.2 Å². The first-order valence-corrected chi connectivity index (χ1v) is 9.87. The summed E-state index contributed by atoms with van der Waals surface area (Å²) < 4.78 is 27.4. The number of anilines is 1. The van der Waals surface area contributed by atoms with Gasteiger partial charge in [-0.1, -0.05) is 6.07 Å². The lowest BCUT2D eigenvalue weighted by atomic mass is 10.2. The maximum atomic E-state index is 13.1. The van der Waals surface area contributed by atoms with Gasteiger partial charge in [-0.3, -0.25) is 0 Å². The number of nitrogens with zero attached hydrogens (tertiary/aromatic N) is 3. The van der Waals surface area contributed by atoms with Gasteiger partial charge in [0.1, 0.15) is 0 Å². The molecule has 1 aromatic heterocycles. The van der Waals surface area contributed by atoms with Crippen LogP contribution in [0.3, 0.4) is 0 Å². The van der Waals surface area contributed by atoms with Crippen LogP contribution in [0.5, 0.6) is 0 Å².